The molecule has 0 unspecified atom stereocenters. The Kier molecular flexibility index (Phi) is 10.3. The van der Waals surface area contributed by atoms with Crippen LogP contribution in [-0.2, 0) is 5.88 Å². The molecule has 0 fully saturated rings. The fourth-order valence-electron chi connectivity index (χ4n) is 2.28. The summed E-state index contributed by atoms with van der Waals surface area (Å²) in [7, 11) is 0. The standard InChI is InChI=1S/C17H25Cl3O/c1-2-3-4-5-6-7-8-9-10-21-17-14(13-18)11-15(19)12-16(17)20/h11-12H,2-10,13H2,1H3. The minimum Gasteiger partial charge on any atom is -0.492 e. The molecule has 0 spiro atoms. The van der Waals surface area contributed by atoms with Gasteiger partial charge >= 0.3 is 0 Å². The molecule has 0 aliphatic heterocycles. The van der Waals surface area contributed by atoms with Gasteiger partial charge in [-0.3, -0.25) is 0 Å². The van der Waals surface area contributed by atoms with Gasteiger partial charge in [0.1, 0.15) is 5.75 Å². The average molecular weight is 352 g/mol. The summed E-state index contributed by atoms with van der Waals surface area (Å²) in [6.07, 6.45) is 10.2. The van der Waals surface area contributed by atoms with Gasteiger partial charge in [-0.2, -0.15) is 0 Å². The molecule has 0 aliphatic rings. The topological polar surface area (TPSA) is 9.23 Å². The second-order valence-electron chi connectivity index (χ2n) is 5.33. The summed E-state index contributed by atoms with van der Waals surface area (Å²) in [6, 6.07) is 3.51. The van der Waals surface area contributed by atoms with Crippen LogP contribution in [0.25, 0.3) is 0 Å². The third-order valence-electron chi connectivity index (χ3n) is 3.47. The van der Waals surface area contributed by atoms with Crippen LogP contribution in [0.3, 0.4) is 0 Å². The minimum absolute atomic E-state index is 0.354. The van der Waals surface area contributed by atoms with E-state index in [4.69, 9.17) is 39.5 Å². The highest BCUT2D eigenvalue weighted by molar-refractivity contribution is 6.35. The first-order valence-electron chi connectivity index (χ1n) is 7.85. The first-order chi connectivity index (χ1) is 10.2. The summed E-state index contributed by atoms with van der Waals surface area (Å²) >= 11 is 18.0. The number of alkyl halides is 1. The van der Waals surface area contributed by atoms with Crippen LogP contribution in [0.1, 0.15) is 63.9 Å². The second-order valence-corrected chi connectivity index (χ2v) is 6.44. The highest BCUT2D eigenvalue weighted by Crippen LogP contribution is 2.33. The molecule has 21 heavy (non-hydrogen) atoms. The summed E-state index contributed by atoms with van der Waals surface area (Å²) in [5, 5.41) is 1.13. The van der Waals surface area contributed by atoms with Crippen molar-refractivity contribution >= 4 is 34.8 Å². The van der Waals surface area contributed by atoms with Crippen LogP contribution in [0.15, 0.2) is 12.1 Å². The molecule has 0 bridgehead atoms. The molecule has 0 aliphatic carbocycles. The van der Waals surface area contributed by atoms with Crippen molar-refractivity contribution in [3.05, 3.63) is 27.7 Å². The Labute approximate surface area is 143 Å². The van der Waals surface area contributed by atoms with E-state index < -0.39 is 0 Å². The van der Waals surface area contributed by atoms with Gasteiger partial charge in [0.05, 0.1) is 17.5 Å². The van der Waals surface area contributed by atoms with Gasteiger partial charge < -0.3 is 4.74 Å². The van der Waals surface area contributed by atoms with Crippen LogP contribution in [0.4, 0.5) is 0 Å². The number of ether oxygens (including phenoxy) is 1. The molecule has 1 rings (SSSR count). The Balaban J connectivity index is 2.21. The highest BCUT2D eigenvalue weighted by atomic mass is 35.5. The van der Waals surface area contributed by atoms with Crippen molar-refractivity contribution in [2.45, 2.75) is 64.2 Å². The zero-order valence-corrected chi connectivity index (χ0v) is 15.0. The predicted octanol–water partition coefficient (Wildman–Crippen LogP) is 7.25. The molecule has 120 valence electrons. The largest absolute Gasteiger partial charge is 0.492 e. The predicted molar refractivity (Wildman–Crippen MR) is 94.1 cm³/mol. The summed E-state index contributed by atoms with van der Waals surface area (Å²) in [6.45, 7) is 2.93. The molecule has 4 heteroatoms. The maximum absolute atomic E-state index is 6.16. The zero-order valence-electron chi connectivity index (χ0n) is 12.8. The van der Waals surface area contributed by atoms with Crippen molar-refractivity contribution in [2.24, 2.45) is 0 Å². The first kappa shape index (κ1) is 18.9. The molecule has 0 radical (unpaired) electrons. The normalized spacial score (nSPS) is 10.9. The van der Waals surface area contributed by atoms with Crippen LogP contribution < -0.4 is 4.74 Å². The lowest BCUT2D eigenvalue weighted by Crippen LogP contribution is -2.00. The highest BCUT2D eigenvalue weighted by Gasteiger charge is 2.09. The van der Waals surface area contributed by atoms with E-state index in [1.807, 2.05) is 6.07 Å². The Morgan fingerprint density at radius 1 is 0.905 bits per heavy atom. The molecule has 1 aromatic rings. The summed E-state index contributed by atoms with van der Waals surface area (Å²) in [5.74, 6) is 1.03. The van der Waals surface area contributed by atoms with Crippen LogP contribution >= 0.6 is 34.8 Å². The van der Waals surface area contributed by atoms with Crippen molar-refractivity contribution in [2.75, 3.05) is 6.61 Å². The van der Waals surface area contributed by atoms with Crippen molar-refractivity contribution in [1.29, 1.82) is 0 Å². The van der Waals surface area contributed by atoms with Crippen molar-refractivity contribution in [1.82, 2.24) is 0 Å². The van der Waals surface area contributed by atoms with Crippen molar-refractivity contribution < 1.29 is 4.74 Å². The maximum atomic E-state index is 6.16. The third kappa shape index (κ3) is 7.63. The van der Waals surface area contributed by atoms with E-state index in [1.165, 1.54) is 44.9 Å². The lowest BCUT2D eigenvalue weighted by molar-refractivity contribution is 0.302. The van der Waals surface area contributed by atoms with E-state index in [0.29, 0.717) is 28.3 Å². The quantitative estimate of drug-likeness (QED) is 0.301. The fraction of sp³-hybridized carbons (Fsp3) is 0.647. The van der Waals surface area contributed by atoms with Crippen molar-refractivity contribution in [3.63, 3.8) is 0 Å². The Morgan fingerprint density at radius 3 is 2.14 bits per heavy atom. The zero-order chi connectivity index (χ0) is 15.5. The number of hydrogen-bond donors (Lipinski definition) is 0. The molecule has 0 amide bonds. The number of benzene rings is 1. The molecule has 1 aromatic carbocycles. The third-order valence-corrected chi connectivity index (χ3v) is 4.26. The fourth-order valence-corrected chi connectivity index (χ4v) is 3.07. The van der Waals surface area contributed by atoms with Crippen molar-refractivity contribution in [3.8, 4) is 5.75 Å². The molecule has 0 saturated carbocycles. The minimum atomic E-state index is 0.354. The molecule has 1 nitrogen and oxygen atoms in total. The molecule has 0 aromatic heterocycles. The van der Waals surface area contributed by atoms with Gasteiger partial charge in [0.25, 0.3) is 0 Å². The van der Waals surface area contributed by atoms with Gasteiger partial charge in [-0.1, -0.05) is 75.1 Å². The number of unbranched alkanes of at least 4 members (excludes halogenated alkanes) is 7. The summed E-state index contributed by atoms with van der Waals surface area (Å²) in [4.78, 5) is 0. The average Bonchev–Trinajstić information content (AvgIpc) is 2.46. The van der Waals surface area contributed by atoms with Crippen LogP contribution in [-0.4, -0.2) is 6.61 Å². The van der Waals surface area contributed by atoms with Gasteiger partial charge in [0, 0.05) is 10.6 Å². The van der Waals surface area contributed by atoms with E-state index >= 15 is 0 Å². The van der Waals surface area contributed by atoms with Crippen LogP contribution in [0.2, 0.25) is 10.0 Å². The van der Waals surface area contributed by atoms with E-state index in [-0.39, 0.29) is 0 Å². The maximum Gasteiger partial charge on any atom is 0.142 e. The number of halogens is 3. The SMILES string of the molecule is CCCCCCCCCCOc1c(Cl)cc(Cl)cc1CCl. The van der Waals surface area contributed by atoms with Gasteiger partial charge in [-0.25, -0.2) is 0 Å². The van der Waals surface area contributed by atoms with Crippen LogP contribution in [0, 0.1) is 0 Å². The van der Waals surface area contributed by atoms with Gasteiger partial charge in [-0.05, 0) is 18.6 Å². The van der Waals surface area contributed by atoms with E-state index in [9.17, 15) is 0 Å². The lowest BCUT2D eigenvalue weighted by Gasteiger charge is -2.12. The molecular weight excluding hydrogens is 327 g/mol. The Hall–Kier alpha value is -0.110. The van der Waals surface area contributed by atoms with Gasteiger partial charge in [0.2, 0.25) is 0 Å². The molecule has 0 saturated heterocycles. The lowest BCUT2D eigenvalue weighted by atomic mass is 10.1. The smallest absolute Gasteiger partial charge is 0.142 e. The van der Waals surface area contributed by atoms with E-state index in [0.717, 1.165) is 12.0 Å². The van der Waals surface area contributed by atoms with Crippen LogP contribution in [0.5, 0.6) is 5.75 Å². The Morgan fingerprint density at radius 2 is 1.52 bits per heavy atom. The monoisotopic (exact) mass is 350 g/mol. The van der Waals surface area contributed by atoms with Gasteiger partial charge in [-0.15, -0.1) is 11.6 Å². The summed E-state index contributed by atoms with van der Waals surface area (Å²) < 4.78 is 5.78. The molecular formula is C17H25Cl3O. The number of hydrogen-bond acceptors (Lipinski definition) is 1. The van der Waals surface area contributed by atoms with E-state index in [1.54, 1.807) is 6.07 Å². The molecule has 0 heterocycles. The van der Waals surface area contributed by atoms with Gasteiger partial charge in [0.15, 0.2) is 0 Å². The summed E-state index contributed by atoms with van der Waals surface area (Å²) in [5.41, 5.74) is 0.855. The van der Waals surface area contributed by atoms with E-state index in [2.05, 4.69) is 6.92 Å². The molecule has 0 N–H and O–H groups in total. The number of rotatable bonds is 11. The molecule has 0 atom stereocenters. The first-order valence-corrected chi connectivity index (χ1v) is 9.14. The Bertz CT molecular complexity index is 407. The second kappa shape index (κ2) is 11.5.